The molecule has 0 saturated carbocycles. The topological polar surface area (TPSA) is 59.4 Å². The predicted octanol–water partition coefficient (Wildman–Crippen LogP) is 4.97. The van der Waals surface area contributed by atoms with Crippen molar-refractivity contribution >= 4 is 39.9 Å². The van der Waals surface area contributed by atoms with Crippen LogP contribution in [0.2, 0.25) is 5.02 Å². The van der Waals surface area contributed by atoms with Gasteiger partial charge in [-0.05, 0) is 42.5 Å². The number of ether oxygens (including phenoxy) is 1. The number of nitrogens with zero attached hydrogens (tertiary/aromatic N) is 3. The first-order valence-corrected chi connectivity index (χ1v) is 10.4. The molecule has 0 saturated heterocycles. The molecule has 0 fully saturated rings. The number of carbonyl (C=O) groups excluding carboxylic acids is 1. The zero-order valence-corrected chi connectivity index (χ0v) is 17.8. The summed E-state index contributed by atoms with van der Waals surface area (Å²) in [5, 5.41) is 3.35. The van der Waals surface area contributed by atoms with Gasteiger partial charge in [-0.2, -0.15) is 0 Å². The number of methoxy groups -OCH3 is 1. The first-order chi connectivity index (χ1) is 15.1. The van der Waals surface area contributed by atoms with E-state index >= 15 is 0 Å². The van der Waals surface area contributed by atoms with Crippen LogP contribution in [0.5, 0.6) is 5.75 Å². The molecule has 1 aliphatic rings. The number of halogens is 1. The van der Waals surface area contributed by atoms with Crippen LogP contribution in [0.1, 0.15) is 16.2 Å². The standard InChI is InChI=1S/C24H21ClN4O2/c1-31-22-11-10-16(14-20(22)27-24(30)17-6-2-3-7-18(17)25)28-12-13-29-21-9-5-4-8-19(21)26-23(29)15-28/h2-11,14H,12-13,15H2,1H3,(H,27,30). The highest BCUT2D eigenvalue weighted by molar-refractivity contribution is 6.34. The van der Waals surface area contributed by atoms with Gasteiger partial charge in [-0.25, -0.2) is 4.98 Å². The molecule has 31 heavy (non-hydrogen) atoms. The van der Waals surface area contributed by atoms with E-state index < -0.39 is 0 Å². The molecule has 0 bridgehead atoms. The van der Waals surface area contributed by atoms with Crippen molar-refractivity contribution in [2.24, 2.45) is 0 Å². The van der Waals surface area contributed by atoms with Gasteiger partial charge in [-0.3, -0.25) is 4.79 Å². The molecule has 0 spiro atoms. The maximum atomic E-state index is 12.8. The summed E-state index contributed by atoms with van der Waals surface area (Å²) in [6.45, 7) is 2.39. The molecule has 5 rings (SSSR count). The number of benzene rings is 3. The zero-order chi connectivity index (χ0) is 21.4. The van der Waals surface area contributed by atoms with E-state index in [9.17, 15) is 4.79 Å². The lowest BCUT2D eigenvalue weighted by Crippen LogP contribution is -2.33. The van der Waals surface area contributed by atoms with Crippen LogP contribution in [0.15, 0.2) is 66.7 Å². The number of para-hydroxylation sites is 2. The molecule has 2 heterocycles. The Kier molecular flexibility index (Phi) is 5.00. The van der Waals surface area contributed by atoms with Crippen LogP contribution >= 0.6 is 11.6 Å². The fourth-order valence-electron chi connectivity index (χ4n) is 4.01. The third-order valence-corrected chi connectivity index (χ3v) is 5.90. The minimum absolute atomic E-state index is 0.276. The molecular weight excluding hydrogens is 412 g/mol. The smallest absolute Gasteiger partial charge is 0.257 e. The highest BCUT2D eigenvalue weighted by Crippen LogP contribution is 2.32. The summed E-state index contributed by atoms with van der Waals surface area (Å²) in [4.78, 5) is 19.8. The van der Waals surface area contributed by atoms with Crippen molar-refractivity contribution in [3.63, 3.8) is 0 Å². The van der Waals surface area contributed by atoms with Crippen molar-refractivity contribution in [1.29, 1.82) is 0 Å². The Morgan fingerprint density at radius 3 is 2.71 bits per heavy atom. The summed E-state index contributed by atoms with van der Waals surface area (Å²) in [6.07, 6.45) is 0. The second-order valence-electron chi connectivity index (χ2n) is 7.41. The average Bonchev–Trinajstić information content (AvgIpc) is 3.17. The van der Waals surface area contributed by atoms with E-state index in [0.717, 1.165) is 30.1 Å². The van der Waals surface area contributed by atoms with Crippen LogP contribution in [0.4, 0.5) is 11.4 Å². The Hall–Kier alpha value is -3.51. The van der Waals surface area contributed by atoms with Crippen LogP contribution in [0.25, 0.3) is 11.0 Å². The highest BCUT2D eigenvalue weighted by Gasteiger charge is 2.21. The molecule has 1 aromatic heterocycles. The lowest BCUT2D eigenvalue weighted by molar-refractivity contribution is 0.102. The number of hydrogen-bond acceptors (Lipinski definition) is 4. The van der Waals surface area contributed by atoms with E-state index in [-0.39, 0.29) is 5.91 Å². The molecule has 0 aliphatic carbocycles. The maximum absolute atomic E-state index is 12.8. The first kappa shape index (κ1) is 19.5. The van der Waals surface area contributed by atoms with Crippen molar-refractivity contribution in [2.45, 2.75) is 13.1 Å². The molecule has 0 unspecified atom stereocenters. The predicted molar refractivity (Wildman–Crippen MR) is 123 cm³/mol. The van der Waals surface area contributed by atoms with Gasteiger partial charge in [0.05, 0.1) is 41.0 Å². The van der Waals surface area contributed by atoms with Gasteiger partial charge in [0, 0.05) is 18.8 Å². The van der Waals surface area contributed by atoms with Crippen molar-refractivity contribution in [1.82, 2.24) is 9.55 Å². The summed E-state index contributed by atoms with van der Waals surface area (Å²) < 4.78 is 7.74. The van der Waals surface area contributed by atoms with Gasteiger partial charge < -0.3 is 19.5 Å². The van der Waals surface area contributed by atoms with Gasteiger partial charge in [0.15, 0.2) is 0 Å². The number of hydrogen-bond donors (Lipinski definition) is 1. The van der Waals surface area contributed by atoms with Crippen LogP contribution in [0.3, 0.4) is 0 Å². The summed E-state index contributed by atoms with van der Waals surface area (Å²) in [6, 6.07) is 21.0. The Morgan fingerprint density at radius 2 is 1.87 bits per heavy atom. The molecule has 6 nitrogen and oxygen atoms in total. The van der Waals surface area contributed by atoms with Crippen LogP contribution < -0.4 is 15.0 Å². The fourth-order valence-corrected chi connectivity index (χ4v) is 4.23. The lowest BCUT2D eigenvalue weighted by atomic mass is 10.2. The minimum Gasteiger partial charge on any atom is -0.495 e. The molecule has 1 amide bonds. The van der Waals surface area contributed by atoms with Crippen LogP contribution in [-0.2, 0) is 13.1 Å². The molecule has 3 aromatic carbocycles. The number of anilines is 2. The van der Waals surface area contributed by atoms with E-state index in [4.69, 9.17) is 21.3 Å². The van der Waals surface area contributed by atoms with E-state index in [2.05, 4.69) is 20.9 Å². The Bertz CT molecular complexity index is 1280. The molecule has 156 valence electrons. The van der Waals surface area contributed by atoms with E-state index in [1.807, 2.05) is 36.4 Å². The van der Waals surface area contributed by atoms with Gasteiger partial charge in [0.1, 0.15) is 11.6 Å². The highest BCUT2D eigenvalue weighted by atomic mass is 35.5. The number of amides is 1. The number of carbonyl (C=O) groups is 1. The van der Waals surface area contributed by atoms with Gasteiger partial charge >= 0.3 is 0 Å². The van der Waals surface area contributed by atoms with Gasteiger partial charge in [-0.15, -0.1) is 0 Å². The number of imidazole rings is 1. The molecule has 0 atom stereocenters. The number of nitrogens with one attached hydrogen (secondary N) is 1. The summed E-state index contributed by atoms with van der Waals surface area (Å²) in [5.74, 6) is 1.35. The van der Waals surface area contributed by atoms with Crippen LogP contribution in [-0.4, -0.2) is 29.1 Å². The molecular formula is C24H21ClN4O2. The Labute approximate surface area is 185 Å². The van der Waals surface area contributed by atoms with E-state index in [1.54, 1.807) is 31.4 Å². The Balaban J connectivity index is 1.43. The van der Waals surface area contributed by atoms with Crippen molar-refractivity contribution in [3.8, 4) is 5.75 Å². The van der Waals surface area contributed by atoms with E-state index in [0.29, 0.717) is 28.6 Å². The Morgan fingerprint density at radius 1 is 1.06 bits per heavy atom. The zero-order valence-electron chi connectivity index (χ0n) is 17.0. The third kappa shape index (κ3) is 3.59. The van der Waals surface area contributed by atoms with E-state index in [1.165, 1.54) is 5.52 Å². The molecule has 4 aromatic rings. The van der Waals surface area contributed by atoms with Crippen LogP contribution in [0, 0.1) is 0 Å². The monoisotopic (exact) mass is 432 g/mol. The van der Waals surface area contributed by atoms with Gasteiger partial charge in [-0.1, -0.05) is 35.9 Å². The van der Waals surface area contributed by atoms with Crippen molar-refractivity contribution < 1.29 is 9.53 Å². The van der Waals surface area contributed by atoms with Gasteiger partial charge in [0.2, 0.25) is 0 Å². The quantitative estimate of drug-likeness (QED) is 0.494. The van der Waals surface area contributed by atoms with Gasteiger partial charge in [0.25, 0.3) is 5.91 Å². The summed E-state index contributed by atoms with van der Waals surface area (Å²) in [7, 11) is 1.59. The largest absolute Gasteiger partial charge is 0.495 e. The molecule has 1 N–H and O–H groups in total. The third-order valence-electron chi connectivity index (χ3n) is 5.57. The maximum Gasteiger partial charge on any atom is 0.257 e. The number of aromatic nitrogens is 2. The summed E-state index contributed by atoms with van der Waals surface area (Å²) in [5.41, 5.74) is 4.20. The molecule has 0 radical (unpaired) electrons. The SMILES string of the molecule is COc1ccc(N2CCn3c(nc4ccccc43)C2)cc1NC(=O)c1ccccc1Cl. The second kappa shape index (κ2) is 7.96. The van der Waals surface area contributed by atoms with Crippen molar-refractivity contribution in [3.05, 3.63) is 83.1 Å². The summed E-state index contributed by atoms with van der Waals surface area (Å²) >= 11 is 6.18. The van der Waals surface area contributed by atoms with Crippen molar-refractivity contribution in [2.75, 3.05) is 23.9 Å². The molecule has 7 heteroatoms. The molecule has 1 aliphatic heterocycles. The normalized spacial score (nSPS) is 13.2. The number of rotatable bonds is 4. The first-order valence-electron chi connectivity index (χ1n) is 10.1. The average molecular weight is 433 g/mol. The fraction of sp³-hybridized carbons (Fsp3) is 0.167. The minimum atomic E-state index is -0.276. The second-order valence-corrected chi connectivity index (χ2v) is 7.82. The number of fused-ring (bicyclic) bond motifs is 3. The lowest BCUT2D eigenvalue weighted by Gasteiger charge is -2.30.